The van der Waals surface area contributed by atoms with E-state index >= 15 is 0 Å². The van der Waals surface area contributed by atoms with Gasteiger partial charge in [0.2, 0.25) is 0 Å². The van der Waals surface area contributed by atoms with E-state index in [1.807, 2.05) is 33.8 Å². The smallest absolute Gasteiger partial charge is 0.407 e. The first-order valence-electron chi connectivity index (χ1n) is 18.1. The average Bonchev–Trinajstić information content (AvgIpc) is 3.68. The number of aromatic nitrogens is 5. The zero-order valence-electron chi connectivity index (χ0n) is 30.2. The molecule has 1 aliphatic heterocycles. The monoisotopic (exact) mass is 730 g/mol. The van der Waals surface area contributed by atoms with Crippen molar-refractivity contribution in [2.45, 2.75) is 110 Å². The van der Waals surface area contributed by atoms with Gasteiger partial charge in [-0.25, -0.2) is 28.8 Å². The van der Waals surface area contributed by atoms with Gasteiger partial charge in [0, 0.05) is 31.2 Å². The van der Waals surface area contributed by atoms with Gasteiger partial charge in [-0.15, -0.1) is 16.4 Å². The fourth-order valence-electron chi connectivity index (χ4n) is 7.23. The minimum atomic E-state index is -0.654. The van der Waals surface area contributed by atoms with Gasteiger partial charge < -0.3 is 26.0 Å². The van der Waals surface area contributed by atoms with Crippen molar-refractivity contribution < 1.29 is 18.7 Å². The number of benzene rings is 1. The van der Waals surface area contributed by atoms with Crippen molar-refractivity contribution in [1.29, 1.82) is 5.26 Å². The Morgan fingerprint density at radius 1 is 1.12 bits per heavy atom. The van der Waals surface area contributed by atoms with Gasteiger partial charge in [-0.05, 0) is 97.1 Å². The number of ether oxygens (including phenoxy) is 1. The van der Waals surface area contributed by atoms with Gasteiger partial charge in [0.1, 0.15) is 39.9 Å². The molecule has 1 aromatic carbocycles. The number of nitrogens with zero attached hydrogens (tertiary/aromatic N) is 7. The van der Waals surface area contributed by atoms with E-state index in [0.717, 1.165) is 74.9 Å². The van der Waals surface area contributed by atoms with E-state index in [1.165, 1.54) is 34.5 Å². The molecule has 2 fully saturated rings. The van der Waals surface area contributed by atoms with Crippen molar-refractivity contribution in [3.05, 3.63) is 51.5 Å². The van der Waals surface area contributed by atoms with Crippen LogP contribution in [0, 0.1) is 30.0 Å². The zero-order valence-corrected chi connectivity index (χ0v) is 31.1. The topological polar surface area (TPSA) is 177 Å². The molecule has 1 saturated carbocycles. The molecule has 4 N–H and O–H groups in total. The summed E-state index contributed by atoms with van der Waals surface area (Å²) in [6.45, 7) is 8.73. The number of anilines is 2. The molecule has 0 radical (unpaired) electrons. The molecule has 52 heavy (non-hydrogen) atoms. The molecule has 2 amide bonds. The van der Waals surface area contributed by atoms with Gasteiger partial charge in [-0.1, -0.05) is 12.8 Å². The van der Waals surface area contributed by atoms with E-state index in [2.05, 4.69) is 25.5 Å². The number of alkyl carbamates (subject to hydrolysis) is 1. The molecule has 0 bridgehead atoms. The van der Waals surface area contributed by atoms with Gasteiger partial charge in [0.05, 0.1) is 22.0 Å². The molecule has 1 atom stereocenters. The number of amides is 2. The number of thiazole rings is 1. The Hall–Kier alpha value is -4.84. The van der Waals surface area contributed by atoms with Crippen LogP contribution in [0.5, 0.6) is 0 Å². The van der Waals surface area contributed by atoms with E-state index in [0.29, 0.717) is 46.4 Å². The lowest BCUT2D eigenvalue weighted by Crippen LogP contribution is -2.48. The first-order valence-corrected chi connectivity index (χ1v) is 18.9. The van der Waals surface area contributed by atoms with Gasteiger partial charge in [-0.3, -0.25) is 4.79 Å². The maximum Gasteiger partial charge on any atom is 0.407 e. The molecule has 3 aromatic heterocycles. The number of hydrogen-bond acceptors (Lipinski definition) is 11. The number of unbranched alkanes of at least 4 members (excludes halogenated alkanes) is 1. The number of nitrogens with two attached hydrogens (primary N) is 1. The highest BCUT2D eigenvalue weighted by molar-refractivity contribution is 7.13. The molecule has 0 unspecified atom stereocenters. The largest absolute Gasteiger partial charge is 0.444 e. The van der Waals surface area contributed by atoms with Crippen molar-refractivity contribution in [3.63, 3.8) is 0 Å². The highest BCUT2D eigenvalue weighted by Crippen LogP contribution is 2.33. The summed E-state index contributed by atoms with van der Waals surface area (Å²) in [5.74, 6) is 0.674. The van der Waals surface area contributed by atoms with Crippen molar-refractivity contribution >= 4 is 46.0 Å². The van der Waals surface area contributed by atoms with Crippen molar-refractivity contribution in [2.75, 3.05) is 23.7 Å². The number of nitrogen functional groups attached to an aromatic ring is 1. The number of carbonyl (C=O) groups is 2. The van der Waals surface area contributed by atoms with Crippen LogP contribution in [0.1, 0.15) is 104 Å². The van der Waals surface area contributed by atoms with Gasteiger partial charge >= 0.3 is 6.09 Å². The quantitative estimate of drug-likeness (QED) is 0.155. The number of halogens is 1. The van der Waals surface area contributed by atoms with E-state index in [4.69, 9.17) is 20.6 Å². The maximum atomic E-state index is 14.6. The standard InChI is InChI=1S/C37H47FN10O3S/c1-22-43-29(10-6-5-8-23-11-14-25(15-12-23)45-36(50)51-37(2,3)4)31(52-22)35(49)44-26-9-7-17-47(20-26)34-30-32(40)41-21-42-33(30)48(46-34)27-16-13-24(19-39)28(38)18-27/h13,16,18,21,23,25-26H,5-12,14-15,17,20H2,1-4H3,(H,44,49)(H,45,50)(H2,40,41,42)/t23?,25?,26-/m1/s1. The molecule has 276 valence electrons. The Morgan fingerprint density at radius 2 is 1.90 bits per heavy atom. The van der Waals surface area contributed by atoms with Crippen LogP contribution in [0.3, 0.4) is 0 Å². The minimum absolute atomic E-state index is 0.0617. The molecule has 1 aliphatic carbocycles. The Bertz CT molecular complexity index is 1960. The second kappa shape index (κ2) is 15.8. The van der Waals surface area contributed by atoms with Crippen LogP contribution in [-0.4, -0.2) is 67.5 Å². The maximum absolute atomic E-state index is 14.6. The van der Waals surface area contributed by atoms with Crippen LogP contribution in [0.4, 0.5) is 20.8 Å². The lowest BCUT2D eigenvalue weighted by molar-refractivity contribution is 0.0486. The van der Waals surface area contributed by atoms with E-state index in [-0.39, 0.29) is 35.5 Å². The number of fused-ring (bicyclic) bond motifs is 1. The lowest BCUT2D eigenvalue weighted by atomic mass is 9.83. The molecule has 15 heteroatoms. The normalized spacial score (nSPS) is 19.3. The third-order valence-electron chi connectivity index (χ3n) is 9.70. The predicted molar refractivity (Wildman–Crippen MR) is 198 cm³/mol. The van der Waals surface area contributed by atoms with Gasteiger partial charge in [-0.2, -0.15) is 5.26 Å². The number of hydrogen-bond donors (Lipinski definition) is 3. The van der Waals surface area contributed by atoms with Crippen LogP contribution >= 0.6 is 11.3 Å². The third kappa shape index (κ3) is 8.78. The Balaban J connectivity index is 1.04. The number of rotatable bonds is 10. The second-order valence-electron chi connectivity index (χ2n) is 14.8. The molecule has 4 aromatic rings. The SMILES string of the molecule is Cc1nc(CCCCC2CCC(NC(=O)OC(C)(C)C)CC2)c(C(=O)N[C@@H]2CCCN(c3nn(-c4ccc(C#N)c(F)c4)c4ncnc(N)c34)C2)s1. The van der Waals surface area contributed by atoms with Gasteiger partial charge in [0.25, 0.3) is 5.91 Å². The average molecular weight is 731 g/mol. The molecule has 6 rings (SSSR count). The lowest BCUT2D eigenvalue weighted by Gasteiger charge is -2.33. The fourth-order valence-corrected chi connectivity index (χ4v) is 8.10. The van der Waals surface area contributed by atoms with E-state index in [9.17, 15) is 19.2 Å². The Labute approximate surface area is 307 Å². The highest BCUT2D eigenvalue weighted by Gasteiger charge is 2.29. The van der Waals surface area contributed by atoms with E-state index in [1.54, 1.807) is 6.07 Å². The minimum Gasteiger partial charge on any atom is -0.444 e. The van der Waals surface area contributed by atoms with Crippen LogP contribution in [0.15, 0.2) is 24.5 Å². The first kappa shape index (κ1) is 36.9. The highest BCUT2D eigenvalue weighted by atomic mass is 32.1. The fraction of sp³-hybridized carbons (Fsp3) is 0.541. The Kier molecular flexibility index (Phi) is 11.2. The number of piperidine rings is 1. The summed E-state index contributed by atoms with van der Waals surface area (Å²) in [5, 5.41) is 21.7. The number of nitriles is 1. The summed E-state index contributed by atoms with van der Waals surface area (Å²) >= 11 is 1.43. The van der Waals surface area contributed by atoms with Crippen LogP contribution in [0.25, 0.3) is 16.7 Å². The molecule has 1 saturated heterocycles. The predicted octanol–water partition coefficient (Wildman–Crippen LogP) is 6.37. The molecule has 0 spiro atoms. The second-order valence-corrected chi connectivity index (χ2v) is 16.0. The van der Waals surface area contributed by atoms with Crippen LogP contribution < -0.4 is 21.3 Å². The summed E-state index contributed by atoms with van der Waals surface area (Å²) in [4.78, 5) is 41.9. The van der Waals surface area contributed by atoms with Crippen molar-refractivity contribution in [1.82, 2.24) is 35.4 Å². The molecule has 4 heterocycles. The summed E-state index contributed by atoms with van der Waals surface area (Å²) < 4.78 is 21.5. The van der Waals surface area contributed by atoms with Crippen LogP contribution in [-0.2, 0) is 11.2 Å². The molecule has 2 aliphatic rings. The molecule has 13 nitrogen and oxygen atoms in total. The van der Waals surface area contributed by atoms with Crippen molar-refractivity contribution in [2.24, 2.45) is 5.92 Å². The third-order valence-corrected chi connectivity index (χ3v) is 10.7. The Morgan fingerprint density at radius 3 is 2.63 bits per heavy atom. The van der Waals surface area contributed by atoms with Crippen LogP contribution in [0.2, 0.25) is 0 Å². The molecular formula is C37H47FN10O3S. The summed E-state index contributed by atoms with van der Waals surface area (Å²) in [5.41, 5.74) is 7.44. The number of carbonyl (C=O) groups excluding carboxylic acids is 2. The van der Waals surface area contributed by atoms with Crippen molar-refractivity contribution in [3.8, 4) is 11.8 Å². The van der Waals surface area contributed by atoms with Gasteiger partial charge in [0.15, 0.2) is 11.5 Å². The number of nitrogens with one attached hydrogen (secondary N) is 2. The molecular weight excluding hydrogens is 684 g/mol. The zero-order chi connectivity index (χ0) is 37.0. The summed E-state index contributed by atoms with van der Waals surface area (Å²) in [7, 11) is 0. The van der Waals surface area contributed by atoms with E-state index < -0.39 is 11.4 Å². The number of aryl methyl sites for hydroxylation is 2. The summed E-state index contributed by atoms with van der Waals surface area (Å²) in [6, 6.07) is 6.14. The summed E-state index contributed by atoms with van der Waals surface area (Å²) in [6.07, 6.45) is 10.6. The first-order chi connectivity index (χ1) is 24.9.